The van der Waals surface area contributed by atoms with Gasteiger partial charge in [0.25, 0.3) is 11.5 Å². The largest absolute Gasteiger partial charge is 0.340 e. The van der Waals surface area contributed by atoms with Crippen molar-refractivity contribution in [1.29, 1.82) is 5.26 Å². The summed E-state index contributed by atoms with van der Waals surface area (Å²) in [4.78, 5) is 28.6. The first-order valence-corrected chi connectivity index (χ1v) is 7.91. The second kappa shape index (κ2) is 7.91. The lowest BCUT2D eigenvalue weighted by Crippen LogP contribution is -2.34. The second-order valence-electron chi connectivity index (χ2n) is 4.63. The maximum Gasteiger partial charge on any atom is 0.269 e. The van der Waals surface area contributed by atoms with E-state index < -0.39 is 5.91 Å². The number of aromatic nitrogens is 2. The molecule has 2 rings (SSSR count). The van der Waals surface area contributed by atoms with E-state index in [1.165, 1.54) is 4.57 Å². The number of nitrogens with zero attached hydrogens (tertiary/aromatic N) is 3. The highest BCUT2D eigenvalue weighted by atomic mass is 32.1. The second-order valence-corrected chi connectivity index (χ2v) is 5.66. The van der Waals surface area contributed by atoms with Gasteiger partial charge in [-0.25, -0.2) is 0 Å². The molecule has 120 valence electrons. The Kier molecular flexibility index (Phi) is 5.67. The summed E-state index contributed by atoms with van der Waals surface area (Å²) >= 11 is 1.10. The Morgan fingerprint density at radius 2 is 2.38 bits per heavy atom. The van der Waals surface area contributed by atoms with E-state index >= 15 is 0 Å². The fraction of sp³-hybridized carbons (Fsp3) is 0.176. The van der Waals surface area contributed by atoms with E-state index in [1.54, 1.807) is 31.5 Å². The molecule has 0 unspecified atom stereocenters. The Labute approximate surface area is 142 Å². The molecule has 0 fully saturated rings. The van der Waals surface area contributed by atoms with Crippen LogP contribution in [0.15, 0.2) is 29.3 Å². The molecule has 0 atom stereocenters. The maximum atomic E-state index is 12.5. The number of pyridine rings is 1. The molecule has 0 aliphatic rings. The highest BCUT2D eigenvalue weighted by Gasteiger charge is 2.14. The van der Waals surface area contributed by atoms with Crippen molar-refractivity contribution in [1.82, 2.24) is 14.9 Å². The van der Waals surface area contributed by atoms with E-state index in [4.69, 9.17) is 6.42 Å². The third kappa shape index (κ3) is 3.60. The molecule has 2 aromatic heterocycles. The van der Waals surface area contributed by atoms with Gasteiger partial charge < -0.3 is 5.32 Å². The Balaban J connectivity index is 2.71. The van der Waals surface area contributed by atoms with Crippen LogP contribution in [0.1, 0.15) is 12.5 Å². The van der Waals surface area contributed by atoms with E-state index in [0.29, 0.717) is 15.7 Å². The number of terminal acetylenes is 1. The highest BCUT2D eigenvalue weighted by Crippen LogP contribution is 1.97. The third-order valence-electron chi connectivity index (χ3n) is 3.11. The van der Waals surface area contributed by atoms with Crippen molar-refractivity contribution in [3.8, 4) is 18.4 Å². The van der Waals surface area contributed by atoms with Gasteiger partial charge in [0.15, 0.2) is 5.57 Å². The van der Waals surface area contributed by atoms with Crippen LogP contribution in [0.5, 0.6) is 0 Å². The van der Waals surface area contributed by atoms with Crippen LogP contribution in [0.3, 0.4) is 0 Å². The van der Waals surface area contributed by atoms with Crippen molar-refractivity contribution < 1.29 is 4.79 Å². The molecule has 0 bridgehead atoms. The fourth-order valence-corrected chi connectivity index (χ4v) is 3.18. The maximum absolute atomic E-state index is 12.5. The minimum Gasteiger partial charge on any atom is -0.340 e. The summed E-state index contributed by atoms with van der Waals surface area (Å²) in [5.74, 6) is 1.68. The van der Waals surface area contributed by atoms with Gasteiger partial charge in [-0.1, -0.05) is 12.0 Å². The SMILES string of the molecule is C#CCNC(=O)C(C#N)=c1sc(=Cc2cccnc2)c(=O)n1CC. The van der Waals surface area contributed by atoms with Crippen molar-refractivity contribution in [2.45, 2.75) is 13.5 Å². The summed E-state index contributed by atoms with van der Waals surface area (Å²) < 4.78 is 2.15. The van der Waals surface area contributed by atoms with Crippen molar-refractivity contribution in [3.63, 3.8) is 0 Å². The first-order valence-electron chi connectivity index (χ1n) is 7.09. The summed E-state index contributed by atoms with van der Waals surface area (Å²) in [7, 11) is 0. The van der Waals surface area contributed by atoms with Crippen molar-refractivity contribution in [2.24, 2.45) is 0 Å². The molecule has 6 nitrogen and oxygen atoms in total. The molecule has 1 N–H and O–H groups in total. The van der Waals surface area contributed by atoms with E-state index in [1.807, 2.05) is 12.1 Å². The van der Waals surface area contributed by atoms with Crippen LogP contribution < -0.4 is 20.1 Å². The number of hydrogen-bond acceptors (Lipinski definition) is 5. The fourth-order valence-electron chi connectivity index (χ4n) is 2.02. The third-order valence-corrected chi connectivity index (χ3v) is 4.24. The Morgan fingerprint density at radius 1 is 1.58 bits per heavy atom. The zero-order valence-electron chi connectivity index (χ0n) is 12.9. The number of nitriles is 1. The van der Waals surface area contributed by atoms with Gasteiger partial charge in [-0.2, -0.15) is 5.26 Å². The van der Waals surface area contributed by atoms with E-state index in [-0.39, 0.29) is 17.7 Å². The summed E-state index contributed by atoms with van der Waals surface area (Å²) in [6, 6.07) is 5.45. The number of amides is 1. The summed E-state index contributed by atoms with van der Waals surface area (Å²) in [5, 5.41) is 11.8. The van der Waals surface area contributed by atoms with Crippen molar-refractivity contribution in [2.75, 3.05) is 6.54 Å². The van der Waals surface area contributed by atoms with Crippen LogP contribution in [0, 0.1) is 23.7 Å². The number of thiazole rings is 1. The van der Waals surface area contributed by atoms with Crippen LogP contribution in [-0.2, 0) is 11.3 Å². The first kappa shape index (κ1) is 17.2. The molecule has 0 saturated heterocycles. The normalized spacial score (nSPS) is 12.2. The number of carbonyl (C=O) groups is 1. The van der Waals surface area contributed by atoms with Gasteiger partial charge in [-0.15, -0.1) is 17.8 Å². The first-order chi connectivity index (χ1) is 11.6. The predicted molar refractivity (Wildman–Crippen MR) is 92.2 cm³/mol. The van der Waals surface area contributed by atoms with Crippen molar-refractivity contribution in [3.05, 3.63) is 49.6 Å². The lowest BCUT2D eigenvalue weighted by molar-refractivity contribution is -0.115. The van der Waals surface area contributed by atoms with Crippen molar-refractivity contribution >= 4 is 28.9 Å². The van der Waals surface area contributed by atoms with Gasteiger partial charge in [-0.3, -0.25) is 19.1 Å². The number of rotatable bonds is 4. The van der Waals surface area contributed by atoms with Crippen LogP contribution in [0.25, 0.3) is 11.6 Å². The van der Waals surface area contributed by atoms with Gasteiger partial charge in [0.1, 0.15) is 10.7 Å². The topological polar surface area (TPSA) is 87.8 Å². The quantitative estimate of drug-likeness (QED) is 0.767. The Morgan fingerprint density at radius 3 is 2.96 bits per heavy atom. The van der Waals surface area contributed by atoms with Crippen LogP contribution >= 0.6 is 11.3 Å². The summed E-state index contributed by atoms with van der Waals surface area (Å²) in [5.41, 5.74) is 0.389. The highest BCUT2D eigenvalue weighted by molar-refractivity contribution is 7.07. The summed E-state index contributed by atoms with van der Waals surface area (Å²) in [6.07, 6.45) is 10.1. The smallest absolute Gasteiger partial charge is 0.269 e. The van der Waals surface area contributed by atoms with Gasteiger partial charge in [0, 0.05) is 18.9 Å². The van der Waals surface area contributed by atoms with Gasteiger partial charge in [0.2, 0.25) is 0 Å². The molecule has 0 saturated carbocycles. The summed E-state index contributed by atoms with van der Waals surface area (Å²) in [6.45, 7) is 2.14. The molecule has 0 aliphatic carbocycles. The molecule has 1 amide bonds. The average molecular weight is 338 g/mol. The zero-order chi connectivity index (χ0) is 17.5. The molecule has 2 aromatic rings. The molecular weight excluding hydrogens is 324 g/mol. The Hall–Kier alpha value is -3.16. The van der Waals surface area contributed by atoms with E-state index in [2.05, 4.69) is 16.2 Å². The lowest BCUT2D eigenvalue weighted by atomic mass is 10.3. The molecule has 2 heterocycles. The molecule has 24 heavy (non-hydrogen) atoms. The molecular formula is C17H14N4O2S. The van der Waals surface area contributed by atoms with Gasteiger partial charge >= 0.3 is 0 Å². The molecule has 0 aromatic carbocycles. The average Bonchev–Trinajstić information content (AvgIpc) is 2.90. The number of hydrogen-bond donors (Lipinski definition) is 1. The van der Waals surface area contributed by atoms with E-state index in [9.17, 15) is 14.9 Å². The molecule has 7 heteroatoms. The Bertz CT molecular complexity index is 1000. The monoisotopic (exact) mass is 338 g/mol. The zero-order valence-corrected chi connectivity index (χ0v) is 13.8. The van der Waals surface area contributed by atoms with Gasteiger partial charge in [-0.05, 0) is 24.6 Å². The van der Waals surface area contributed by atoms with Crippen LogP contribution in [-0.4, -0.2) is 22.0 Å². The number of nitrogens with one attached hydrogen (secondary N) is 1. The number of carbonyl (C=O) groups excluding carboxylic acids is 1. The standard InChI is InChI=1S/C17H14N4O2S/c1-3-7-20-15(22)13(10-18)17-21(4-2)16(23)14(24-17)9-12-6-5-8-19-11-12/h1,5-6,8-9,11H,4,7H2,2H3,(H,20,22). The molecule has 0 spiro atoms. The van der Waals surface area contributed by atoms with Crippen LogP contribution in [0.4, 0.5) is 0 Å². The lowest BCUT2D eigenvalue weighted by Gasteiger charge is -2.00. The van der Waals surface area contributed by atoms with Crippen LogP contribution in [0.2, 0.25) is 0 Å². The molecule has 0 radical (unpaired) electrons. The molecule has 0 aliphatic heterocycles. The van der Waals surface area contributed by atoms with E-state index in [0.717, 1.165) is 16.9 Å². The minimum absolute atomic E-state index is 0.0143. The minimum atomic E-state index is -0.591. The van der Waals surface area contributed by atoms with Gasteiger partial charge in [0.05, 0.1) is 11.1 Å². The predicted octanol–water partition coefficient (Wildman–Crippen LogP) is -0.423.